The van der Waals surface area contributed by atoms with Crippen LogP contribution in [-0.2, 0) is 21.3 Å². The first-order chi connectivity index (χ1) is 15.0. The van der Waals surface area contributed by atoms with E-state index < -0.39 is 10.0 Å². The van der Waals surface area contributed by atoms with Crippen molar-refractivity contribution in [1.82, 2.24) is 14.2 Å². The van der Waals surface area contributed by atoms with Gasteiger partial charge in [0.05, 0.1) is 18.1 Å². The van der Waals surface area contributed by atoms with Gasteiger partial charge in [-0.05, 0) is 48.4 Å². The summed E-state index contributed by atoms with van der Waals surface area (Å²) < 4.78 is 34.8. The molecule has 3 aromatic rings. The molecular weight excluding hydrogens is 414 g/mol. The predicted octanol–water partition coefficient (Wildman–Crippen LogP) is 2.74. The smallest absolute Gasteiger partial charge is 0.251 e. The Morgan fingerprint density at radius 1 is 1.03 bits per heavy atom. The summed E-state index contributed by atoms with van der Waals surface area (Å²) >= 11 is 0. The number of morpholine rings is 1. The first-order valence-corrected chi connectivity index (χ1v) is 11.6. The fraction of sp³-hybridized carbons (Fsp3) is 0.261. The van der Waals surface area contributed by atoms with Crippen molar-refractivity contribution >= 4 is 15.9 Å². The summed E-state index contributed by atoms with van der Waals surface area (Å²) in [6.45, 7) is 3.53. The fourth-order valence-electron chi connectivity index (χ4n) is 3.63. The molecule has 1 fully saturated rings. The number of carbonyl (C=O) groups is 1. The molecule has 0 saturated carbocycles. The quantitative estimate of drug-likeness (QED) is 0.641. The standard InChI is InChI=1S/C23H25N3O4S/c1-18-8-9-19(16-21(18)25-10-4-5-11-25)23(27)24-17-20-6-2-3-7-22(20)31(28,29)26-12-14-30-15-13-26/h2-11,16H,12-15,17H2,1H3,(H,24,27). The maximum absolute atomic E-state index is 13.1. The van der Waals surface area contributed by atoms with E-state index in [1.807, 2.05) is 48.1 Å². The minimum atomic E-state index is -3.65. The molecule has 1 saturated heterocycles. The van der Waals surface area contributed by atoms with Gasteiger partial charge in [0.15, 0.2) is 0 Å². The van der Waals surface area contributed by atoms with Crippen LogP contribution in [0.25, 0.3) is 5.69 Å². The van der Waals surface area contributed by atoms with Gasteiger partial charge in [0.25, 0.3) is 5.91 Å². The van der Waals surface area contributed by atoms with Crippen LogP contribution in [0.15, 0.2) is 71.9 Å². The van der Waals surface area contributed by atoms with E-state index in [2.05, 4.69) is 5.32 Å². The Labute approximate surface area is 182 Å². The van der Waals surface area contributed by atoms with Crippen molar-refractivity contribution in [1.29, 1.82) is 0 Å². The molecule has 8 heteroatoms. The first-order valence-electron chi connectivity index (χ1n) is 10.1. The highest BCUT2D eigenvalue weighted by Crippen LogP contribution is 2.22. The monoisotopic (exact) mass is 439 g/mol. The third-order valence-electron chi connectivity index (χ3n) is 5.35. The summed E-state index contributed by atoms with van der Waals surface area (Å²) in [7, 11) is -3.65. The number of aryl methyl sites for hydroxylation is 1. The van der Waals surface area contributed by atoms with E-state index >= 15 is 0 Å². The molecule has 4 rings (SSSR count). The molecule has 1 aliphatic heterocycles. The van der Waals surface area contributed by atoms with Crippen LogP contribution >= 0.6 is 0 Å². The van der Waals surface area contributed by atoms with Gasteiger partial charge in [-0.15, -0.1) is 0 Å². The molecular formula is C23H25N3O4S. The second kappa shape index (κ2) is 9.05. The number of aromatic nitrogens is 1. The van der Waals surface area contributed by atoms with E-state index in [1.54, 1.807) is 30.3 Å². The average Bonchev–Trinajstić information content (AvgIpc) is 3.33. The van der Waals surface area contributed by atoms with E-state index in [9.17, 15) is 13.2 Å². The lowest BCUT2D eigenvalue weighted by molar-refractivity contribution is 0.0730. The molecule has 31 heavy (non-hydrogen) atoms. The van der Waals surface area contributed by atoms with Crippen molar-refractivity contribution in [3.63, 3.8) is 0 Å². The van der Waals surface area contributed by atoms with Gasteiger partial charge in [0, 0.05) is 43.3 Å². The van der Waals surface area contributed by atoms with E-state index in [1.165, 1.54) is 4.31 Å². The topological polar surface area (TPSA) is 80.6 Å². The molecule has 2 heterocycles. The summed E-state index contributed by atoms with van der Waals surface area (Å²) in [5.74, 6) is -0.257. The Hall–Kier alpha value is -2.94. The summed E-state index contributed by atoms with van der Waals surface area (Å²) in [5, 5.41) is 2.87. The zero-order valence-electron chi connectivity index (χ0n) is 17.3. The van der Waals surface area contributed by atoms with Crippen LogP contribution in [0, 0.1) is 6.92 Å². The average molecular weight is 440 g/mol. The zero-order chi connectivity index (χ0) is 21.8. The van der Waals surface area contributed by atoms with Gasteiger partial charge < -0.3 is 14.6 Å². The molecule has 0 aliphatic carbocycles. The van der Waals surface area contributed by atoms with Gasteiger partial charge in [0.1, 0.15) is 0 Å². The summed E-state index contributed by atoms with van der Waals surface area (Å²) in [4.78, 5) is 13.0. The first kappa shape index (κ1) is 21.3. The minimum Gasteiger partial charge on any atom is -0.379 e. The molecule has 0 radical (unpaired) electrons. The molecule has 1 N–H and O–H groups in total. The SMILES string of the molecule is Cc1ccc(C(=O)NCc2ccccc2S(=O)(=O)N2CCOCC2)cc1-n1cccc1. The van der Waals surface area contributed by atoms with Crippen molar-refractivity contribution in [3.05, 3.63) is 83.7 Å². The van der Waals surface area contributed by atoms with Gasteiger partial charge in [0.2, 0.25) is 10.0 Å². The molecule has 1 aromatic heterocycles. The Kier molecular flexibility index (Phi) is 6.22. The molecule has 2 aromatic carbocycles. The number of nitrogens with one attached hydrogen (secondary N) is 1. The minimum absolute atomic E-state index is 0.116. The van der Waals surface area contributed by atoms with Crippen molar-refractivity contribution < 1.29 is 17.9 Å². The van der Waals surface area contributed by atoms with E-state index in [0.29, 0.717) is 37.4 Å². The highest BCUT2D eigenvalue weighted by atomic mass is 32.2. The molecule has 1 aliphatic rings. The molecule has 1 amide bonds. The molecule has 0 bridgehead atoms. The number of benzene rings is 2. The maximum Gasteiger partial charge on any atom is 0.251 e. The van der Waals surface area contributed by atoms with Crippen LogP contribution in [-0.4, -0.2) is 49.5 Å². The summed E-state index contributed by atoms with van der Waals surface area (Å²) in [6, 6.07) is 16.2. The van der Waals surface area contributed by atoms with Crippen LogP contribution in [0.4, 0.5) is 0 Å². The van der Waals surface area contributed by atoms with Crippen LogP contribution in [0.3, 0.4) is 0 Å². The Bertz CT molecular complexity index is 1170. The second-order valence-corrected chi connectivity index (χ2v) is 9.30. The normalized spacial score (nSPS) is 15.0. The lowest BCUT2D eigenvalue weighted by Crippen LogP contribution is -2.41. The van der Waals surface area contributed by atoms with Crippen LogP contribution < -0.4 is 5.32 Å². The fourth-order valence-corrected chi connectivity index (χ4v) is 5.26. The number of ether oxygens (including phenoxy) is 1. The van der Waals surface area contributed by atoms with Crippen molar-refractivity contribution in [3.8, 4) is 5.69 Å². The van der Waals surface area contributed by atoms with Crippen molar-refractivity contribution in [2.24, 2.45) is 0 Å². The number of sulfonamides is 1. The zero-order valence-corrected chi connectivity index (χ0v) is 18.1. The maximum atomic E-state index is 13.1. The molecule has 7 nitrogen and oxygen atoms in total. The number of amides is 1. The van der Waals surface area contributed by atoms with Crippen molar-refractivity contribution in [2.45, 2.75) is 18.4 Å². The third kappa shape index (κ3) is 4.56. The molecule has 162 valence electrons. The van der Waals surface area contributed by atoms with Gasteiger partial charge >= 0.3 is 0 Å². The number of nitrogens with zero attached hydrogens (tertiary/aromatic N) is 2. The summed E-state index contributed by atoms with van der Waals surface area (Å²) in [6.07, 6.45) is 3.85. The highest BCUT2D eigenvalue weighted by Gasteiger charge is 2.28. The number of rotatable bonds is 6. The number of hydrogen-bond donors (Lipinski definition) is 1. The van der Waals surface area contributed by atoms with E-state index in [0.717, 1.165) is 11.3 Å². The number of carbonyl (C=O) groups excluding carboxylic acids is 1. The summed E-state index contributed by atoms with van der Waals surface area (Å²) in [5.41, 5.74) is 3.05. The van der Waals surface area contributed by atoms with E-state index in [-0.39, 0.29) is 17.3 Å². The predicted molar refractivity (Wildman–Crippen MR) is 118 cm³/mol. The Morgan fingerprint density at radius 2 is 1.74 bits per heavy atom. The van der Waals surface area contributed by atoms with E-state index in [4.69, 9.17) is 4.74 Å². The Balaban J connectivity index is 1.53. The molecule has 0 unspecified atom stereocenters. The highest BCUT2D eigenvalue weighted by molar-refractivity contribution is 7.89. The van der Waals surface area contributed by atoms with Crippen LogP contribution in [0.2, 0.25) is 0 Å². The lowest BCUT2D eigenvalue weighted by atomic mass is 10.1. The number of hydrogen-bond acceptors (Lipinski definition) is 4. The van der Waals surface area contributed by atoms with Gasteiger partial charge in [-0.3, -0.25) is 4.79 Å². The largest absolute Gasteiger partial charge is 0.379 e. The second-order valence-electron chi connectivity index (χ2n) is 7.40. The van der Waals surface area contributed by atoms with Gasteiger partial charge in [-0.1, -0.05) is 24.3 Å². The lowest BCUT2D eigenvalue weighted by Gasteiger charge is -2.27. The van der Waals surface area contributed by atoms with Gasteiger partial charge in [-0.25, -0.2) is 8.42 Å². The molecule has 0 spiro atoms. The van der Waals surface area contributed by atoms with Crippen molar-refractivity contribution in [2.75, 3.05) is 26.3 Å². The molecule has 0 atom stereocenters. The van der Waals surface area contributed by atoms with Crippen LogP contribution in [0.1, 0.15) is 21.5 Å². The van der Waals surface area contributed by atoms with Gasteiger partial charge in [-0.2, -0.15) is 4.31 Å². The third-order valence-corrected chi connectivity index (χ3v) is 7.35. The Morgan fingerprint density at radius 3 is 2.48 bits per heavy atom. The van der Waals surface area contributed by atoms with Crippen LogP contribution in [0.5, 0.6) is 0 Å².